The summed E-state index contributed by atoms with van der Waals surface area (Å²) in [6.45, 7) is 9.14. The molecule has 1 amide bonds. The first-order valence-electron chi connectivity index (χ1n) is 13.7. The number of ether oxygens (including phenoxy) is 4. The van der Waals surface area contributed by atoms with Crippen LogP contribution in [0.25, 0.3) is 0 Å². The minimum absolute atomic E-state index is 0.231. The van der Waals surface area contributed by atoms with Crippen molar-refractivity contribution >= 4 is 11.8 Å². The maximum absolute atomic E-state index is 14.4. The number of hydrogen-bond donors (Lipinski definition) is 0. The first-order chi connectivity index (χ1) is 18.2. The number of carbonyl (C=O) groups excluding carboxylic acids is 1. The van der Waals surface area contributed by atoms with Crippen molar-refractivity contribution in [3.05, 3.63) is 52.8 Å². The van der Waals surface area contributed by atoms with Crippen LogP contribution in [0.4, 0.5) is 14.9 Å². The second-order valence-corrected chi connectivity index (χ2v) is 11.4. The minimum atomic E-state index is -0.522. The monoisotopic (exact) mass is 526 g/mol. The molecule has 7 nitrogen and oxygen atoms in total. The Labute approximate surface area is 224 Å². The van der Waals surface area contributed by atoms with Gasteiger partial charge in [-0.05, 0) is 87.3 Å². The first kappa shape index (κ1) is 26.6. The number of carbonyl (C=O) groups is 1. The van der Waals surface area contributed by atoms with Gasteiger partial charge in [-0.3, -0.25) is 0 Å². The molecule has 1 saturated carbocycles. The van der Waals surface area contributed by atoms with Gasteiger partial charge in [0, 0.05) is 20.2 Å². The standard InChI is InChI=1S/C30H39FN2O5/c1-30(2,3)38-29(34)32-13-11-21-17-26-28(27(20-9-10-20)23(21)12-14-32)33(15-16-36-26)18-22(19-35-4)37-25-8-6-5-7-24(25)31/h5-8,17,20,22H,9-16,18-19H2,1-4H3. The van der Waals surface area contributed by atoms with Gasteiger partial charge in [-0.25, -0.2) is 9.18 Å². The summed E-state index contributed by atoms with van der Waals surface area (Å²) in [5, 5.41) is 0. The van der Waals surface area contributed by atoms with E-state index in [0.29, 0.717) is 38.8 Å². The van der Waals surface area contributed by atoms with E-state index in [1.807, 2.05) is 25.7 Å². The summed E-state index contributed by atoms with van der Waals surface area (Å²) in [5.74, 6) is 1.23. The Morgan fingerprint density at radius 2 is 1.92 bits per heavy atom. The Bertz CT molecular complexity index is 1160. The summed E-state index contributed by atoms with van der Waals surface area (Å²) >= 11 is 0. The molecule has 2 aromatic carbocycles. The molecule has 0 saturated heterocycles. The topological polar surface area (TPSA) is 60.5 Å². The lowest BCUT2D eigenvalue weighted by molar-refractivity contribution is 0.0258. The van der Waals surface area contributed by atoms with Crippen molar-refractivity contribution in [3.63, 3.8) is 0 Å². The SMILES string of the molecule is COCC(CN1CCOc2cc3c(c(C4CC4)c21)CCN(C(=O)OC(C)(C)C)CC3)Oc1ccccc1F. The average Bonchev–Trinajstić information content (AvgIpc) is 3.71. The number of benzene rings is 2. The lowest BCUT2D eigenvalue weighted by Gasteiger charge is -2.37. The molecule has 1 aliphatic carbocycles. The van der Waals surface area contributed by atoms with Crippen LogP contribution in [0, 0.1) is 5.82 Å². The summed E-state index contributed by atoms with van der Waals surface area (Å²) in [6, 6.07) is 8.66. The Balaban J connectivity index is 1.42. The summed E-state index contributed by atoms with van der Waals surface area (Å²) in [5.41, 5.74) is 4.55. The van der Waals surface area contributed by atoms with Gasteiger partial charge < -0.3 is 28.7 Å². The van der Waals surface area contributed by atoms with Crippen LogP contribution in [0.15, 0.2) is 30.3 Å². The largest absolute Gasteiger partial charge is 0.490 e. The number of hydrogen-bond acceptors (Lipinski definition) is 6. The van der Waals surface area contributed by atoms with Gasteiger partial charge >= 0.3 is 6.09 Å². The van der Waals surface area contributed by atoms with Crippen molar-refractivity contribution in [2.24, 2.45) is 0 Å². The predicted octanol–water partition coefficient (Wildman–Crippen LogP) is 5.33. The summed E-state index contributed by atoms with van der Waals surface area (Å²) in [4.78, 5) is 17.0. The summed E-state index contributed by atoms with van der Waals surface area (Å²) in [7, 11) is 1.64. The zero-order valence-electron chi connectivity index (χ0n) is 22.9. The van der Waals surface area contributed by atoms with Crippen LogP contribution in [0.1, 0.15) is 56.2 Å². The zero-order chi connectivity index (χ0) is 26.9. The molecular formula is C30H39FN2O5. The molecule has 0 spiro atoms. The molecule has 0 bridgehead atoms. The Hall–Kier alpha value is -3.00. The van der Waals surface area contributed by atoms with Crippen LogP contribution in [0.5, 0.6) is 11.5 Å². The molecule has 0 N–H and O–H groups in total. The molecule has 3 aliphatic rings. The quantitative estimate of drug-likeness (QED) is 0.486. The van der Waals surface area contributed by atoms with Gasteiger partial charge in [0.15, 0.2) is 11.6 Å². The molecule has 2 aliphatic heterocycles. The van der Waals surface area contributed by atoms with Crippen molar-refractivity contribution < 1.29 is 28.1 Å². The van der Waals surface area contributed by atoms with E-state index in [0.717, 1.165) is 43.7 Å². The van der Waals surface area contributed by atoms with Crippen LogP contribution in [0.3, 0.4) is 0 Å². The van der Waals surface area contributed by atoms with E-state index >= 15 is 0 Å². The number of rotatable bonds is 7. The second kappa shape index (κ2) is 11.0. The minimum Gasteiger partial charge on any atom is -0.490 e. The molecule has 38 heavy (non-hydrogen) atoms. The van der Waals surface area contributed by atoms with E-state index in [1.54, 1.807) is 25.3 Å². The molecule has 0 radical (unpaired) electrons. The number of para-hydroxylation sites is 1. The van der Waals surface area contributed by atoms with Crippen molar-refractivity contribution in [3.8, 4) is 11.5 Å². The van der Waals surface area contributed by atoms with Gasteiger partial charge in [-0.15, -0.1) is 0 Å². The number of anilines is 1. The normalized spacial score (nSPS) is 18.1. The fraction of sp³-hybridized carbons (Fsp3) is 0.567. The Kier molecular flexibility index (Phi) is 7.70. The van der Waals surface area contributed by atoms with Crippen molar-refractivity contribution in [2.75, 3.05) is 51.4 Å². The summed E-state index contributed by atoms with van der Waals surface area (Å²) < 4.78 is 37.8. The molecule has 206 valence electrons. The lowest BCUT2D eigenvalue weighted by atomic mass is 9.91. The van der Waals surface area contributed by atoms with Crippen LogP contribution >= 0.6 is 0 Å². The van der Waals surface area contributed by atoms with E-state index < -0.39 is 5.60 Å². The average molecular weight is 527 g/mol. The van der Waals surface area contributed by atoms with Crippen molar-refractivity contribution in [1.29, 1.82) is 0 Å². The maximum atomic E-state index is 14.4. The van der Waals surface area contributed by atoms with Crippen LogP contribution in [-0.4, -0.2) is 69.2 Å². The summed E-state index contributed by atoms with van der Waals surface area (Å²) in [6.07, 6.45) is 3.26. The predicted molar refractivity (Wildman–Crippen MR) is 144 cm³/mol. The Morgan fingerprint density at radius 3 is 2.63 bits per heavy atom. The van der Waals surface area contributed by atoms with Crippen LogP contribution < -0.4 is 14.4 Å². The van der Waals surface area contributed by atoms with Gasteiger partial charge in [0.05, 0.1) is 25.4 Å². The fourth-order valence-corrected chi connectivity index (χ4v) is 5.49. The highest BCUT2D eigenvalue weighted by Crippen LogP contribution is 2.51. The van der Waals surface area contributed by atoms with E-state index in [1.165, 1.54) is 22.8 Å². The fourth-order valence-electron chi connectivity index (χ4n) is 5.49. The van der Waals surface area contributed by atoms with E-state index in [-0.39, 0.29) is 23.8 Å². The first-order valence-corrected chi connectivity index (χ1v) is 13.7. The van der Waals surface area contributed by atoms with Crippen LogP contribution in [-0.2, 0) is 22.3 Å². The third-order valence-electron chi connectivity index (χ3n) is 7.27. The van der Waals surface area contributed by atoms with Gasteiger partial charge in [-0.2, -0.15) is 0 Å². The number of nitrogens with zero attached hydrogens (tertiary/aromatic N) is 2. The van der Waals surface area contributed by atoms with Gasteiger partial charge in [0.1, 0.15) is 24.1 Å². The molecule has 8 heteroatoms. The second-order valence-electron chi connectivity index (χ2n) is 11.4. The van der Waals surface area contributed by atoms with Crippen molar-refractivity contribution in [1.82, 2.24) is 4.90 Å². The highest BCUT2D eigenvalue weighted by atomic mass is 19.1. The van der Waals surface area contributed by atoms with E-state index in [4.69, 9.17) is 18.9 Å². The highest BCUT2D eigenvalue weighted by molar-refractivity contribution is 5.72. The Morgan fingerprint density at radius 1 is 1.16 bits per heavy atom. The van der Waals surface area contributed by atoms with Crippen molar-refractivity contribution in [2.45, 2.75) is 64.1 Å². The van der Waals surface area contributed by atoms with E-state index in [9.17, 15) is 9.18 Å². The molecule has 2 aromatic rings. The third-order valence-corrected chi connectivity index (χ3v) is 7.27. The molecule has 0 aromatic heterocycles. The van der Waals surface area contributed by atoms with E-state index in [2.05, 4.69) is 11.0 Å². The van der Waals surface area contributed by atoms with Gasteiger partial charge in [0.2, 0.25) is 0 Å². The molecule has 1 unspecified atom stereocenters. The zero-order valence-corrected chi connectivity index (χ0v) is 22.9. The van der Waals surface area contributed by atoms with Gasteiger partial charge in [0.25, 0.3) is 0 Å². The van der Waals surface area contributed by atoms with Crippen LogP contribution in [0.2, 0.25) is 0 Å². The molecule has 5 rings (SSSR count). The molecule has 2 heterocycles. The molecular weight excluding hydrogens is 487 g/mol. The number of amides is 1. The smallest absolute Gasteiger partial charge is 0.410 e. The lowest BCUT2D eigenvalue weighted by Crippen LogP contribution is -2.43. The number of halogens is 1. The maximum Gasteiger partial charge on any atom is 0.410 e. The highest BCUT2D eigenvalue weighted by Gasteiger charge is 2.37. The number of methoxy groups -OCH3 is 1. The van der Waals surface area contributed by atoms with Gasteiger partial charge in [-0.1, -0.05) is 12.1 Å². The molecule has 1 atom stereocenters. The molecule has 1 fully saturated rings. The number of fused-ring (bicyclic) bond motifs is 2. The third kappa shape index (κ3) is 6.01.